The summed E-state index contributed by atoms with van der Waals surface area (Å²) in [6, 6.07) is 8.80. The second kappa shape index (κ2) is 12.2. The molecule has 2 aliphatic heterocycles. The van der Waals surface area contributed by atoms with Crippen molar-refractivity contribution in [1.29, 1.82) is 0 Å². The van der Waals surface area contributed by atoms with Crippen molar-refractivity contribution in [1.82, 2.24) is 15.5 Å². The van der Waals surface area contributed by atoms with E-state index in [-0.39, 0.29) is 30.0 Å². The van der Waals surface area contributed by atoms with Crippen LogP contribution < -0.4 is 21.3 Å². The molecule has 0 saturated carbocycles. The van der Waals surface area contributed by atoms with Crippen molar-refractivity contribution in [3.63, 3.8) is 0 Å². The van der Waals surface area contributed by atoms with Crippen LogP contribution in [-0.2, 0) is 6.54 Å². The van der Waals surface area contributed by atoms with Crippen molar-refractivity contribution in [2.75, 3.05) is 37.6 Å². The van der Waals surface area contributed by atoms with Gasteiger partial charge in [0, 0.05) is 44.5 Å². The smallest absolute Gasteiger partial charge is 0.314 e. The standard InChI is InChI=1S/C22H36N6O.HI/c1-3-24-22(26-19-10-14-28(15-11-19)21(23)29)25-16-18-4-6-20(7-5-18)27-12-8-17(2)9-13-27;/h4-7,17,19H,3,8-16H2,1-2H3,(H2,23,29)(H2,24,25,26);1H. The number of nitrogens with two attached hydrogens (primary N) is 1. The number of urea groups is 1. The van der Waals surface area contributed by atoms with Gasteiger partial charge in [-0.25, -0.2) is 9.79 Å². The third-order valence-corrected chi connectivity index (χ3v) is 6.00. The van der Waals surface area contributed by atoms with E-state index in [9.17, 15) is 4.79 Å². The molecule has 0 radical (unpaired) electrons. The highest BCUT2D eigenvalue weighted by molar-refractivity contribution is 14.0. The number of rotatable bonds is 5. The van der Waals surface area contributed by atoms with Crippen molar-refractivity contribution in [3.05, 3.63) is 29.8 Å². The topological polar surface area (TPSA) is 86.0 Å². The number of nitrogens with zero attached hydrogens (tertiary/aromatic N) is 3. The Kier molecular flexibility index (Phi) is 10.0. The van der Waals surface area contributed by atoms with Crippen molar-refractivity contribution >= 4 is 41.7 Å². The lowest BCUT2D eigenvalue weighted by molar-refractivity contribution is 0.188. The number of hydrogen-bond donors (Lipinski definition) is 3. The number of primary amides is 1. The third-order valence-electron chi connectivity index (χ3n) is 6.00. The molecule has 0 bridgehead atoms. The molecule has 2 heterocycles. The highest BCUT2D eigenvalue weighted by Gasteiger charge is 2.21. The molecule has 1 aromatic rings. The predicted molar refractivity (Wildman–Crippen MR) is 135 cm³/mol. The van der Waals surface area contributed by atoms with E-state index < -0.39 is 0 Å². The first-order valence-corrected chi connectivity index (χ1v) is 11.0. The summed E-state index contributed by atoms with van der Waals surface area (Å²) >= 11 is 0. The van der Waals surface area contributed by atoms with E-state index in [1.54, 1.807) is 4.90 Å². The number of anilines is 1. The minimum Gasteiger partial charge on any atom is -0.372 e. The highest BCUT2D eigenvalue weighted by Crippen LogP contribution is 2.23. The third kappa shape index (κ3) is 7.21. The molecular formula is C22H37IN6O. The van der Waals surface area contributed by atoms with Crippen molar-refractivity contribution in [2.45, 2.75) is 52.1 Å². The van der Waals surface area contributed by atoms with E-state index >= 15 is 0 Å². The Morgan fingerprint density at radius 2 is 1.73 bits per heavy atom. The van der Waals surface area contributed by atoms with Crippen LogP contribution in [0.1, 0.15) is 45.1 Å². The fourth-order valence-electron chi connectivity index (χ4n) is 4.01. The SMILES string of the molecule is CCNC(=NCc1ccc(N2CCC(C)CC2)cc1)NC1CCN(C(N)=O)CC1.I. The van der Waals surface area contributed by atoms with Crippen LogP contribution in [-0.4, -0.2) is 55.7 Å². The number of hydrogen-bond acceptors (Lipinski definition) is 3. The summed E-state index contributed by atoms with van der Waals surface area (Å²) in [6.07, 6.45) is 4.33. The van der Waals surface area contributed by atoms with Crippen LogP contribution in [0, 0.1) is 5.92 Å². The summed E-state index contributed by atoms with van der Waals surface area (Å²) in [6.45, 7) is 9.58. The number of carbonyl (C=O) groups is 1. The van der Waals surface area contributed by atoms with Gasteiger partial charge >= 0.3 is 6.03 Å². The molecule has 1 aromatic carbocycles. The average Bonchev–Trinajstić information content (AvgIpc) is 2.73. The molecule has 0 aromatic heterocycles. The van der Waals surface area contributed by atoms with Gasteiger partial charge in [-0.15, -0.1) is 24.0 Å². The lowest BCUT2D eigenvalue weighted by Crippen LogP contribution is -2.50. The molecule has 0 aliphatic carbocycles. The first-order valence-electron chi connectivity index (χ1n) is 11.0. The Hall–Kier alpha value is -1.71. The molecule has 168 valence electrons. The molecule has 2 aliphatic rings. The predicted octanol–water partition coefficient (Wildman–Crippen LogP) is 3.14. The van der Waals surface area contributed by atoms with E-state index in [1.807, 2.05) is 0 Å². The number of piperidine rings is 2. The van der Waals surface area contributed by atoms with Crippen LogP contribution in [0.4, 0.5) is 10.5 Å². The summed E-state index contributed by atoms with van der Waals surface area (Å²) < 4.78 is 0. The van der Waals surface area contributed by atoms with Gasteiger partial charge in [-0.2, -0.15) is 0 Å². The Morgan fingerprint density at radius 3 is 2.30 bits per heavy atom. The second-order valence-electron chi connectivity index (χ2n) is 8.28. The molecule has 30 heavy (non-hydrogen) atoms. The minimum absolute atomic E-state index is 0. The van der Waals surface area contributed by atoms with Crippen LogP contribution in [0.3, 0.4) is 0 Å². The molecule has 8 heteroatoms. The number of guanidine groups is 1. The summed E-state index contributed by atoms with van der Waals surface area (Å²) in [5, 5.41) is 6.83. The summed E-state index contributed by atoms with van der Waals surface area (Å²) in [5.41, 5.74) is 7.89. The Bertz CT molecular complexity index is 679. The van der Waals surface area contributed by atoms with Gasteiger partial charge in [0.15, 0.2) is 5.96 Å². The minimum atomic E-state index is -0.327. The Balaban J connectivity index is 0.00000320. The number of benzene rings is 1. The summed E-state index contributed by atoms with van der Waals surface area (Å²) in [4.78, 5) is 20.2. The van der Waals surface area contributed by atoms with Crippen molar-refractivity contribution in [2.24, 2.45) is 16.6 Å². The maximum atomic E-state index is 11.3. The molecular weight excluding hydrogens is 491 g/mol. The molecule has 2 amide bonds. The number of nitrogens with one attached hydrogen (secondary N) is 2. The number of amides is 2. The van der Waals surface area contributed by atoms with Gasteiger partial charge < -0.3 is 26.2 Å². The van der Waals surface area contributed by atoms with Crippen molar-refractivity contribution in [3.8, 4) is 0 Å². The molecule has 3 rings (SSSR count). The molecule has 0 spiro atoms. The second-order valence-corrected chi connectivity index (χ2v) is 8.28. The van der Waals surface area contributed by atoms with Crippen LogP contribution >= 0.6 is 24.0 Å². The van der Waals surface area contributed by atoms with E-state index in [1.165, 1.54) is 24.1 Å². The zero-order valence-corrected chi connectivity index (χ0v) is 20.6. The quantitative estimate of drug-likeness (QED) is 0.312. The molecule has 2 fully saturated rings. The average molecular weight is 528 g/mol. The van der Waals surface area contributed by atoms with Gasteiger partial charge in [-0.3, -0.25) is 0 Å². The largest absolute Gasteiger partial charge is 0.372 e. The fraction of sp³-hybridized carbons (Fsp3) is 0.636. The van der Waals surface area contributed by atoms with Gasteiger partial charge in [0.2, 0.25) is 0 Å². The van der Waals surface area contributed by atoms with E-state index in [2.05, 4.69) is 53.6 Å². The van der Waals surface area contributed by atoms with Crippen LogP contribution in [0.2, 0.25) is 0 Å². The molecule has 0 atom stereocenters. The maximum absolute atomic E-state index is 11.3. The van der Waals surface area contributed by atoms with Gasteiger partial charge in [0.1, 0.15) is 0 Å². The summed E-state index contributed by atoms with van der Waals surface area (Å²) in [5.74, 6) is 1.68. The van der Waals surface area contributed by atoms with Crippen LogP contribution in [0.15, 0.2) is 29.3 Å². The van der Waals surface area contributed by atoms with Gasteiger partial charge in [-0.1, -0.05) is 19.1 Å². The van der Waals surface area contributed by atoms with Gasteiger partial charge in [0.05, 0.1) is 6.54 Å². The first kappa shape index (κ1) is 24.6. The fourth-order valence-corrected chi connectivity index (χ4v) is 4.01. The Labute approximate surface area is 197 Å². The number of carbonyl (C=O) groups excluding carboxylic acids is 1. The lowest BCUT2D eigenvalue weighted by Gasteiger charge is -2.32. The normalized spacial score (nSPS) is 18.7. The number of halogens is 1. The maximum Gasteiger partial charge on any atom is 0.314 e. The molecule has 4 N–H and O–H groups in total. The van der Waals surface area contributed by atoms with Crippen LogP contribution in [0.25, 0.3) is 0 Å². The van der Waals surface area contributed by atoms with Crippen molar-refractivity contribution < 1.29 is 4.79 Å². The zero-order chi connectivity index (χ0) is 20.6. The molecule has 0 unspecified atom stereocenters. The first-order chi connectivity index (χ1) is 14.0. The van der Waals surface area contributed by atoms with E-state index in [0.717, 1.165) is 44.4 Å². The summed E-state index contributed by atoms with van der Waals surface area (Å²) in [7, 11) is 0. The highest BCUT2D eigenvalue weighted by atomic mass is 127. The molecule has 2 saturated heterocycles. The number of aliphatic imine (C=N–C) groups is 1. The molecule has 7 nitrogen and oxygen atoms in total. The van der Waals surface area contributed by atoms with Crippen LogP contribution in [0.5, 0.6) is 0 Å². The van der Waals surface area contributed by atoms with Gasteiger partial charge in [-0.05, 0) is 56.2 Å². The monoisotopic (exact) mass is 528 g/mol. The zero-order valence-electron chi connectivity index (χ0n) is 18.3. The van der Waals surface area contributed by atoms with E-state index in [4.69, 9.17) is 10.7 Å². The Morgan fingerprint density at radius 1 is 1.10 bits per heavy atom. The number of likely N-dealkylation sites (tertiary alicyclic amines) is 1. The van der Waals surface area contributed by atoms with Gasteiger partial charge in [0.25, 0.3) is 0 Å². The van der Waals surface area contributed by atoms with E-state index in [0.29, 0.717) is 25.7 Å². The lowest BCUT2D eigenvalue weighted by atomic mass is 9.99.